The van der Waals surface area contributed by atoms with Gasteiger partial charge in [0.15, 0.2) is 0 Å². The van der Waals surface area contributed by atoms with E-state index in [-0.39, 0.29) is 6.04 Å². The van der Waals surface area contributed by atoms with E-state index in [2.05, 4.69) is 28.1 Å². The third kappa shape index (κ3) is 3.51. The number of rotatable bonds is 3. The summed E-state index contributed by atoms with van der Waals surface area (Å²) >= 11 is 11.1. The summed E-state index contributed by atoms with van der Waals surface area (Å²) in [6, 6.07) is 14.0. The van der Waals surface area contributed by atoms with Gasteiger partial charge in [-0.3, -0.25) is 0 Å². The maximum absolute atomic E-state index is 5.99. The fraction of sp³-hybridized carbons (Fsp3) is 0.143. The SMILES string of the molecule is CC(N)c1ccc(Br)cc1Sc1ccc(Cl)cc1. The molecule has 0 aliphatic rings. The van der Waals surface area contributed by atoms with Gasteiger partial charge in [0.1, 0.15) is 0 Å². The molecule has 2 aromatic rings. The number of hydrogen-bond donors (Lipinski definition) is 1. The van der Waals surface area contributed by atoms with Crippen molar-refractivity contribution in [1.82, 2.24) is 0 Å². The van der Waals surface area contributed by atoms with Crippen molar-refractivity contribution in [2.45, 2.75) is 22.8 Å². The fourth-order valence-electron chi connectivity index (χ4n) is 1.60. The first-order valence-corrected chi connectivity index (χ1v) is 7.53. The van der Waals surface area contributed by atoms with Gasteiger partial charge >= 0.3 is 0 Å². The summed E-state index contributed by atoms with van der Waals surface area (Å²) in [5, 5.41) is 0.751. The minimum Gasteiger partial charge on any atom is -0.324 e. The molecule has 0 aromatic heterocycles. The monoisotopic (exact) mass is 341 g/mol. The average molecular weight is 343 g/mol. The molecule has 0 fully saturated rings. The van der Waals surface area contributed by atoms with E-state index in [9.17, 15) is 0 Å². The van der Waals surface area contributed by atoms with Gasteiger partial charge in [-0.15, -0.1) is 0 Å². The Labute approximate surface area is 125 Å². The zero-order valence-electron chi connectivity index (χ0n) is 9.86. The zero-order chi connectivity index (χ0) is 13.1. The van der Waals surface area contributed by atoms with Crippen LogP contribution in [0, 0.1) is 0 Å². The van der Waals surface area contributed by atoms with Gasteiger partial charge in [-0.1, -0.05) is 45.4 Å². The first-order valence-electron chi connectivity index (χ1n) is 5.54. The molecule has 2 N–H and O–H groups in total. The lowest BCUT2D eigenvalue weighted by molar-refractivity contribution is 0.797. The second kappa shape index (κ2) is 6.11. The lowest BCUT2D eigenvalue weighted by Gasteiger charge is -2.12. The fourth-order valence-corrected chi connectivity index (χ4v) is 3.32. The van der Waals surface area contributed by atoms with Gasteiger partial charge in [-0.2, -0.15) is 0 Å². The van der Waals surface area contributed by atoms with E-state index in [1.54, 1.807) is 11.8 Å². The molecule has 0 aliphatic heterocycles. The van der Waals surface area contributed by atoms with Crippen molar-refractivity contribution in [1.29, 1.82) is 0 Å². The Morgan fingerprint density at radius 3 is 2.44 bits per heavy atom. The highest BCUT2D eigenvalue weighted by Crippen LogP contribution is 2.35. The van der Waals surface area contributed by atoms with E-state index in [0.717, 1.165) is 20.0 Å². The first-order chi connectivity index (χ1) is 8.56. The lowest BCUT2D eigenvalue weighted by atomic mass is 10.1. The Morgan fingerprint density at radius 2 is 1.83 bits per heavy atom. The van der Waals surface area contributed by atoms with Gasteiger partial charge in [0.05, 0.1) is 0 Å². The van der Waals surface area contributed by atoms with E-state index in [1.165, 1.54) is 4.90 Å². The van der Waals surface area contributed by atoms with Gasteiger partial charge < -0.3 is 5.73 Å². The van der Waals surface area contributed by atoms with Crippen molar-refractivity contribution >= 4 is 39.3 Å². The van der Waals surface area contributed by atoms with Crippen molar-refractivity contribution in [3.63, 3.8) is 0 Å². The minimum atomic E-state index is 0.0212. The highest BCUT2D eigenvalue weighted by atomic mass is 79.9. The summed E-state index contributed by atoms with van der Waals surface area (Å²) in [4.78, 5) is 2.32. The van der Waals surface area contributed by atoms with Crippen LogP contribution in [-0.2, 0) is 0 Å². The molecule has 0 bridgehead atoms. The molecule has 0 amide bonds. The van der Waals surface area contributed by atoms with Crippen LogP contribution in [0.15, 0.2) is 56.7 Å². The molecule has 1 unspecified atom stereocenters. The van der Waals surface area contributed by atoms with Crippen LogP contribution in [0.5, 0.6) is 0 Å². The van der Waals surface area contributed by atoms with E-state index in [4.69, 9.17) is 17.3 Å². The predicted molar refractivity (Wildman–Crippen MR) is 82.3 cm³/mol. The Hall–Kier alpha value is -0.480. The minimum absolute atomic E-state index is 0.0212. The Morgan fingerprint density at radius 1 is 1.17 bits per heavy atom. The molecule has 2 rings (SSSR count). The molecule has 0 aliphatic carbocycles. The highest BCUT2D eigenvalue weighted by Gasteiger charge is 2.09. The van der Waals surface area contributed by atoms with Crippen molar-refractivity contribution in [3.05, 3.63) is 57.5 Å². The first kappa shape index (κ1) is 13.9. The molecule has 0 spiro atoms. The molecule has 2 aromatic carbocycles. The van der Waals surface area contributed by atoms with Crippen LogP contribution >= 0.6 is 39.3 Å². The van der Waals surface area contributed by atoms with Crippen LogP contribution in [-0.4, -0.2) is 0 Å². The van der Waals surface area contributed by atoms with Crippen LogP contribution in [0.25, 0.3) is 0 Å². The smallest absolute Gasteiger partial charge is 0.0406 e. The molecule has 18 heavy (non-hydrogen) atoms. The number of benzene rings is 2. The predicted octanol–water partition coefficient (Wildman–Crippen LogP) is 5.27. The van der Waals surface area contributed by atoms with E-state index in [0.29, 0.717) is 0 Å². The normalized spacial score (nSPS) is 12.4. The largest absolute Gasteiger partial charge is 0.324 e. The molecule has 0 radical (unpaired) electrons. The Bertz CT molecular complexity index is 540. The number of hydrogen-bond acceptors (Lipinski definition) is 2. The third-order valence-electron chi connectivity index (χ3n) is 2.51. The molecule has 0 saturated heterocycles. The van der Waals surface area contributed by atoms with Gasteiger partial charge in [0, 0.05) is 25.3 Å². The molecule has 0 heterocycles. The lowest BCUT2D eigenvalue weighted by Crippen LogP contribution is -2.06. The van der Waals surface area contributed by atoms with Crippen LogP contribution in [0.1, 0.15) is 18.5 Å². The third-order valence-corrected chi connectivity index (χ3v) is 4.33. The summed E-state index contributed by atoms with van der Waals surface area (Å²) in [6.45, 7) is 2.00. The number of halogens is 2. The van der Waals surface area contributed by atoms with Crippen LogP contribution < -0.4 is 5.73 Å². The van der Waals surface area contributed by atoms with Crippen molar-refractivity contribution in [2.75, 3.05) is 0 Å². The van der Waals surface area contributed by atoms with E-state index in [1.807, 2.05) is 37.3 Å². The van der Waals surface area contributed by atoms with Crippen molar-refractivity contribution in [3.8, 4) is 0 Å². The Kier molecular flexibility index (Phi) is 4.73. The molecule has 94 valence electrons. The average Bonchev–Trinajstić information content (AvgIpc) is 2.32. The van der Waals surface area contributed by atoms with Crippen molar-refractivity contribution < 1.29 is 0 Å². The van der Waals surface area contributed by atoms with Crippen LogP contribution in [0.2, 0.25) is 5.02 Å². The van der Waals surface area contributed by atoms with Crippen LogP contribution in [0.3, 0.4) is 0 Å². The van der Waals surface area contributed by atoms with Gasteiger partial charge in [0.2, 0.25) is 0 Å². The zero-order valence-corrected chi connectivity index (χ0v) is 13.0. The summed E-state index contributed by atoms with van der Waals surface area (Å²) in [5.41, 5.74) is 7.14. The van der Waals surface area contributed by atoms with Gasteiger partial charge in [-0.05, 0) is 48.9 Å². The quantitative estimate of drug-likeness (QED) is 0.822. The second-order valence-electron chi connectivity index (χ2n) is 4.03. The molecular formula is C14H13BrClNS. The van der Waals surface area contributed by atoms with Gasteiger partial charge in [0.25, 0.3) is 0 Å². The van der Waals surface area contributed by atoms with Gasteiger partial charge in [-0.25, -0.2) is 0 Å². The maximum atomic E-state index is 5.99. The number of nitrogens with two attached hydrogens (primary N) is 1. The summed E-state index contributed by atoms with van der Waals surface area (Å²) < 4.78 is 1.06. The summed E-state index contributed by atoms with van der Waals surface area (Å²) in [5.74, 6) is 0. The molecule has 4 heteroatoms. The van der Waals surface area contributed by atoms with E-state index >= 15 is 0 Å². The topological polar surface area (TPSA) is 26.0 Å². The van der Waals surface area contributed by atoms with E-state index < -0.39 is 0 Å². The molecule has 1 atom stereocenters. The molecule has 0 saturated carbocycles. The molecular weight excluding hydrogens is 330 g/mol. The van der Waals surface area contributed by atoms with Crippen molar-refractivity contribution in [2.24, 2.45) is 5.73 Å². The summed E-state index contributed by atoms with van der Waals surface area (Å²) in [7, 11) is 0. The summed E-state index contributed by atoms with van der Waals surface area (Å²) in [6.07, 6.45) is 0. The standard InChI is InChI=1S/C14H13BrClNS/c1-9(17)13-7-2-10(15)8-14(13)18-12-5-3-11(16)4-6-12/h2-9H,17H2,1H3. The van der Waals surface area contributed by atoms with Crippen LogP contribution in [0.4, 0.5) is 0 Å². The Balaban J connectivity index is 2.32. The highest BCUT2D eigenvalue weighted by molar-refractivity contribution is 9.10. The molecule has 1 nitrogen and oxygen atoms in total. The maximum Gasteiger partial charge on any atom is 0.0406 e. The second-order valence-corrected chi connectivity index (χ2v) is 6.49.